The first-order chi connectivity index (χ1) is 15.7. The molecule has 32 heavy (non-hydrogen) atoms. The number of rotatable bonds is 6. The van der Waals surface area contributed by atoms with Gasteiger partial charge in [0.05, 0.1) is 6.26 Å². The molecule has 0 saturated carbocycles. The number of hydrogen-bond donors (Lipinski definition) is 1. The minimum absolute atomic E-state index is 0.185. The Balaban J connectivity index is 1.28. The van der Waals surface area contributed by atoms with Crippen LogP contribution in [0, 0.1) is 5.92 Å². The molecule has 1 aromatic heterocycles. The van der Waals surface area contributed by atoms with Crippen LogP contribution >= 0.6 is 0 Å². The van der Waals surface area contributed by atoms with Crippen LogP contribution in [-0.4, -0.2) is 23.1 Å². The van der Waals surface area contributed by atoms with E-state index >= 15 is 0 Å². The molecule has 0 unspecified atom stereocenters. The maximum atomic E-state index is 12.0. The van der Waals surface area contributed by atoms with Gasteiger partial charge in [0.15, 0.2) is 0 Å². The van der Waals surface area contributed by atoms with Crippen LogP contribution in [0.3, 0.4) is 0 Å². The number of hydrogen-bond acceptors (Lipinski definition) is 3. The molecule has 1 saturated heterocycles. The summed E-state index contributed by atoms with van der Waals surface area (Å²) in [6, 6.07) is 32.9. The summed E-state index contributed by atoms with van der Waals surface area (Å²) in [5.74, 6) is 1.09. The minimum atomic E-state index is -0.959. The topological polar surface area (TPSA) is 36.6 Å². The van der Waals surface area contributed by atoms with Crippen LogP contribution in [0.25, 0.3) is 11.3 Å². The van der Waals surface area contributed by atoms with E-state index in [-0.39, 0.29) is 5.92 Å². The second-order valence-corrected chi connectivity index (χ2v) is 8.72. The maximum absolute atomic E-state index is 12.0. The van der Waals surface area contributed by atoms with Crippen molar-refractivity contribution < 1.29 is 9.52 Å². The number of nitrogens with zero attached hydrogens (tertiary/aromatic N) is 1. The largest absolute Gasteiger partial charge is 0.464 e. The Morgan fingerprint density at radius 1 is 0.750 bits per heavy atom. The fourth-order valence-corrected chi connectivity index (χ4v) is 5.01. The molecule has 3 aromatic carbocycles. The molecule has 4 aromatic rings. The summed E-state index contributed by atoms with van der Waals surface area (Å²) in [6.07, 6.45) is 3.63. The van der Waals surface area contributed by atoms with E-state index in [1.54, 1.807) is 6.26 Å². The average Bonchev–Trinajstić information content (AvgIpc) is 3.41. The second-order valence-electron chi connectivity index (χ2n) is 8.72. The highest BCUT2D eigenvalue weighted by Crippen LogP contribution is 2.42. The summed E-state index contributed by atoms with van der Waals surface area (Å²) < 4.78 is 5.49. The highest BCUT2D eigenvalue weighted by molar-refractivity contribution is 5.57. The fraction of sp³-hybridized carbons (Fsp3) is 0.241. The first-order valence-electron chi connectivity index (χ1n) is 11.4. The summed E-state index contributed by atoms with van der Waals surface area (Å²) in [7, 11) is 0. The van der Waals surface area contributed by atoms with Gasteiger partial charge in [-0.3, -0.25) is 4.90 Å². The van der Waals surface area contributed by atoms with Crippen molar-refractivity contribution in [3.8, 4) is 11.3 Å². The quantitative estimate of drug-likeness (QED) is 0.407. The van der Waals surface area contributed by atoms with Crippen LogP contribution in [0.1, 0.15) is 29.5 Å². The molecule has 3 heteroatoms. The Morgan fingerprint density at radius 2 is 1.34 bits per heavy atom. The third-order valence-corrected chi connectivity index (χ3v) is 6.77. The van der Waals surface area contributed by atoms with Crippen molar-refractivity contribution in [3.05, 3.63) is 120 Å². The van der Waals surface area contributed by atoms with Gasteiger partial charge in [0.25, 0.3) is 0 Å². The van der Waals surface area contributed by atoms with E-state index in [0.717, 1.165) is 54.9 Å². The Kier molecular flexibility index (Phi) is 5.93. The molecule has 0 aliphatic carbocycles. The Labute approximate surface area is 189 Å². The zero-order valence-electron chi connectivity index (χ0n) is 18.2. The van der Waals surface area contributed by atoms with Crippen molar-refractivity contribution in [2.24, 2.45) is 5.92 Å². The van der Waals surface area contributed by atoms with Crippen LogP contribution in [0.5, 0.6) is 0 Å². The normalized spacial score (nSPS) is 15.7. The monoisotopic (exact) mass is 423 g/mol. The Bertz CT molecular complexity index is 1060. The number of likely N-dealkylation sites (tertiary alicyclic amines) is 1. The molecule has 1 fully saturated rings. The highest BCUT2D eigenvalue weighted by Gasteiger charge is 2.41. The Morgan fingerprint density at radius 3 is 1.88 bits per heavy atom. The van der Waals surface area contributed by atoms with Gasteiger partial charge in [0, 0.05) is 12.1 Å². The van der Waals surface area contributed by atoms with E-state index in [4.69, 9.17) is 4.42 Å². The smallest absolute Gasteiger partial charge is 0.133 e. The van der Waals surface area contributed by atoms with Crippen molar-refractivity contribution in [2.75, 3.05) is 13.1 Å². The number of benzene rings is 3. The van der Waals surface area contributed by atoms with Gasteiger partial charge in [-0.1, -0.05) is 84.9 Å². The van der Waals surface area contributed by atoms with Crippen molar-refractivity contribution in [2.45, 2.75) is 25.0 Å². The standard InChI is InChI=1S/C29H29NO2/c31-29(25-8-3-1-4-9-25,26-10-5-2-6-11-26)27-17-19-30(20-18-27)22-23-13-15-24(16-14-23)28-12-7-21-32-28/h1-16,21,27,31H,17-20,22H2. The molecule has 1 aliphatic rings. The molecule has 0 atom stereocenters. The predicted octanol–water partition coefficient (Wildman–Crippen LogP) is 6.09. The molecule has 5 rings (SSSR count). The van der Waals surface area contributed by atoms with Crippen molar-refractivity contribution >= 4 is 0 Å². The van der Waals surface area contributed by atoms with Gasteiger partial charge in [-0.05, 0) is 60.7 Å². The van der Waals surface area contributed by atoms with E-state index in [1.165, 1.54) is 5.56 Å². The third-order valence-electron chi connectivity index (χ3n) is 6.77. The van der Waals surface area contributed by atoms with Crippen LogP contribution in [-0.2, 0) is 12.1 Å². The molecule has 3 nitrogen and oxygen atoms in total. The second kappa shape index (κ2) is 9.15. The number of piperidine rings is 1. The van der Waals surface area contributed by atoms with Gasteiger partial charge < -0.3 is 9.52 Å². The molecular weight excluding hydrogens is 394 g/mol. The first kappa shape index (κ1) is 20.7. The van der Waals surface area contributed by atoms with E-state index in [2.05, 4.69) is 53.4 Å². The summed E-state index contributed by atoms with van der Waals surface area (Å²) in [6.45, 7) is 2.89. The molecule has 1 aliphatic heterocycles. The zero-order chi connectivity index (χ0) is 21.8. The lowest BCUT2D eigenvalue weighted by Gasteiger charge is -2.42. The lowest BCUT2D eigenvalue weighted by Crippen LogP contribution is -2.44. The molecule has 0 radical (unpaired) electrons. The minimum Gasteiger partial charge on any atom is -0.464 e. The van der Waals surface area contributed by atoms with Gasteiger partial charge in [-0.15, -0.1) is 0 Å². The number of furan rings is 1. The van der Waals surface area contributed by atoms with Crippen molar-refractivity contribution in [3.63, 3.8) is 0 Å². The van der Waals surface area contributed by atoms with Gasteiger partial charge in [-0.2, -0.15) is 0 Å². The third kappa shape index (κ3) is 4.14. The molecule has 2 heterocycles. The van der Waals surface area contributed by atoms with Crippen LogP contribution in [0.4, 0.5) is 0 Å². The van der Waals surface area contributed by atoms with E-state index < -0.39 is 5.60 Å². The SMILES string of the molecule is OC(c1ccccc1)(c1ccccc1)C1CCN(Cc2ccc(-c3ccco3)cc2)CC1. The Hall–Kier alpha value is -3.14. The van der Waals surface area contributed by atoms with Gasteiger partial charge in [0.1, 0.15) is 11.4 Å². The van der Waals surface area contributed by atoms with Crippen molar-refractivity contribution in [1.29, 1.82) is 0 Å². The van der Waals surface area contributed by atoms with Crippen LogP contribution in [0.2, 0.25) is 0 Å². The summed E-state index contributed by atoms with van der Waals surface area (Å²) in [5.41, 5.74) is 3.42. The van der Waals surface area contributed by atoms with Crippen LogP contribution < -0.4 is 0 Å². The molecular formula is C29H29NO2. The number of aliphatic hydroxyl groups is 1. The fourth-order valence-electron chi connectivity index (χ4n) is 5.01. The summed E-state index contributed by atoms with van der Waals surface area (Å²) in [5, 5.41) is 12.0. The average molecular weight is 424 g/mol. The van der Waals surface area contributed by atoms with Gasteiger partial charge in [-0.25, -0.2) is 0 Å². The first-order valence-corrected chi connectivity index (χ1v) is 11.4. The van der Waals surface area contributed by atoms with Gasteiger partial charge in [0.2, 0.25) is 0 Å². The molecule has 0 bridgehead atoms. The lowest BCUT2D eigenvalue weighted by molar-refractivity contribution is -0.0152. The highest BCUT2D eigenvalue weighted by atomic mass is 16.3. The molecule has 162 valence electrons. The summed E-state index contributed by atoms with van der Waals surface area (Å²) in [4.78, 5) is 2.49. The van der Waals surface area contributed by atoms with Gasteiger partial charge >= 0.3 is 0 Å². The van der Waals surface area contributed by atoms with E-state index in [1.807, 2.05) is 48.5 Å². The molecule has 0 amide bonds. The van der Waals surface area contributed by atoms with E-state index in [0.29, 0.717) is 0 Å². The predicted molar refractivity (Wildman–Crippen MR) is 128 cm³/mol. The van der Waals surface area contributed by atoms with Crippen molar-refractivity contribution in [1.82, 2.24) is 4.90 Å². The molecule has 1 N–H and O–H groups in total. The van der Waals surface area contributed by atoms with Crippen LogP contribution in [0.15, 0.2) is 108 Å². The summed E-state index contributed by atoms with van der Waals surface area (Å²) >= 11 is 0. The lowest BCUT2D eigenvalue weighted by atomic mass is 9.72. The molecule has 0 spiro atoms. The zero-order valence-corrected chi connectivity index (χ0v) is 18.2. The van der Waals surface area contributed by atoms with E-state index in [9.17, 15) is 5.11 Å². The maximum Gasteiger partial charge on any atom is 0.133 e.